The van der Waals surface area contributed by atoms with Crippen molar-refractivity contribution in [2.45, 2.75) is 63.7 Å². The van der Waals surface area contributed by atoms with Crippen LogP contribution in [0, 0.1) is 5.92 Å². The Balaban J connectivity index is 2.16. The minimum absolute atomic E-state index is 0.0761. The molecule has 1 aromatic heterocycles. The van der Waals surface area contributed by atoms with Crippen molar-refractivity contribution in [3.05, 3.63) is 36.0 Å². The number of carboxylic acids is 3. The largest absolute Gasteiger partial charge is 0.481 e. The molecule has 39 heavy (non-hydrogen) atoms. The molecule has 2 aromatic rings. The lowest BCUT2D eigenvalue weighted by Crippen LogP contribution is -2.58. The molecule has 1 aromatic carbocycles. The van der Waals surface area contributed by atoms with Crippen molar-refractivity contribution >= 4 is 46.5 Å². The van der Waals surface area contributed by atoms with Crippen molar-refractivity contribution < 1.29 is 44.1 Å². The van der Waals surface area contributed by atoms with Crippen LogP contribution in [0.15, 0.2) is 30.5 Å². The van der Waals surface area contributed by atoms with E-state index in [0.29, 0.717) is 0 Å². The molecule has 0 aliphatic heterocycles. The summed E-state index contributed by atoms with van der Waals surface area (Å²) in [4.78, 5) is 75.5. The molecule has 2 rings (SSSR count). The van der Waals surface area contributed by atoms with E-state index in [1.807, 2.05) is 24.3 Å². The molecule has 0 aliphatic rings. The van der Waals surface area contributed by atoms with Crippen LogP contribution < -0.4 is 21.7 Å². The molecule has 0 saturated heterocycles. The Morgan fingerprint density at radius 3 is 2.08 bits per heavy atom. The van der Waals surface area contributed by atoms with Gasteiger partial charge in [0.15, 0.2) is 0 Å². The van der Waals surface area contributed by atoms with Gasteiger partial charge in [-0.15, -0.1) is 0 Å². The fourth-order valence-electron chi connectivity index (χ4n) is 3.87. The number of para-hydroxylation sites is 1. The van der Waals surface area contributed by atoms with Crippen molar-refractivity contribution in [1.29, 1.82) is 0 Å². The van der Waals surface area contributed by atoms with Gasteiger partial charge in [-0.05, 0) is 30.4 Å². The average molecular weight is 548 g/mol. The maximum absolute atomic E-state index is 13.0. The summed E-state index contributed by atoms with van der Waals surface area (Å²) in [7, 11) is 0. The molecule has 1 heterocycles. The van der Waals surface area contributed by atoms with Gasteiger partial charge in [0.05, 0.1) is 12.5 Å². The second-order valence-corrected chi connectivity index (χ2v) is 9.39. The quantitative estimate of drug-likeness (QED) is 0.143. The molecular formula is C25H33N5O9. The smallest absolute Gasteiger partial charge is 0.326 e. The van der Waals surface area contributed by atoms with E-state index in [0.717, 1.165) is 16.5 Å². The normalized spacial score (nSPS) is 14.2. The molecule has 14 heteroatoms. The third-order valence-corrected chi connectivity index (χ3v) is 5.97. The Bertz CT molecular complexity index is 1230. The number of aliphatic carboxylic acids is 3. The fourth-order valence-corrected chi connectivity index (χ4v) is 3.87. The van der Waals surface area contributed by atoms with Crippen LogP contribution in [-0.2, 0) is 35.2 Å². The number of hydrogen-bond donors (Lipinski definition) is 8. The van der Waals surface area contributed by atoms with Gasteiger partial charge in [-0.3, -0.25) is 24.0 Å². The van der Waals surface area contributed by atoms with Gasteiger partial charge in [-0.2, -0.15) is 0 Å². The first-order valence-corrected chi connectivity index (χ1v) is 12.2. The third-order valence-electron chi connectivity index (χ3n) is 5.97. The van der Waals surface area contributed by atoms with Crippen LogP contribution in [0.4, 0.5) is 0 Å². The molecule has 212 valence electrons. The molecule has 0 fully saturated rings. The fraction of sp³-hybridized carbons (Fsp3) is 0.440. The number of carbonyl (C=O) groups excluding carboxylic acids is 3. The van der Waals surface area contributed by atoms with E-state index in [1.165, 1.54) is 0 Å². The maximum Gasteiger partial charge on any atom is 0.326 e. The van der Waals surface area contributed by atoms with E-state index in [1.54, 1.807) is 20.0 Å². The molecule has 0 aliphatic carbocycles. The highest BCUT2D eigenvalue weighted by atomic mass is 16.4. The zero-order valence-corrected chi connectivity index (χ0v) is 21.5. The van der Waals surface area contributed by atoms with Crippen LogP contribution in [0.2, 0.25) is 0 Å². The summed E-state index contributed by atoms with van der Waals surface area (Å²) < 4.78 is 0. The number of aromatic amines is 1. The number of amides is 3. The predicted molar refractivity (Wildman–Crippen MR) is 137 cm³/mol. The summed E-state index contributed by atoms with van der Waals surface area (Å²) in [5, 5.41) is 35.3. The number of benzene rings is 1. The van der Waals surface area contributed by atoms with Gasteiger partial charge in [0.2, 0.25) is 17.7 Å². The molecule has 3 amide bonds. The molecule has 0 saturated carbocycles. The lowest BCUT2D eigenvalue weighted by atomic mass is 10.0. The first-order valence-electron chi connectivity index (χ1n) is 12.2. The average Bonchev–Trinajstić information content (AvgIpc) is 3.26. The lowest BCUT2D eigenvalue weighted by Gasteiger charge is -2.25. The molecule has 4 atom stereocenters. The number of hydrogen-bond acceptors (Lipinski definition) is 7. The first kappa shape index (κ1) is 30.8. The minimum atomic E-state index is -1.65. The van der Waals surface area contributed by atoms with E-state index in [9.17, 15) is 39.0 Å². The molecule has 0 spiro atoms. The van der Waals surface area contributed by atoms with Crippen molar-refractivity contribution in [3.8, 4) is 0 Å². The Morgan fingerprint density at radius 1 is 0.872 bits per heavy atom. The number of carboxylic acid groups (broad SMARTS) is 3. The van der Waals surface area contributed by atoms with Crippen LogP contribution >= 0.6 is 0 Å². The Kier molecular flexibility index (Phi) is 11.0. The van der Waals surface area contributed by atoms with E-state index >= 15 is 0 Å². The molecular weight excluding hydrogens is 514 g/mol. The van der Waals surface area contributed by atoms with Gasteiger partial charge in [-0.25, -0.2) is 4.79 Å². The number of nitrogens with one attached hydrogen (secondary N) is 4. The molecule has 0 radical (unpaired) electrons. The van der Waals surface area contributed by atoms with Crippen molar-refractivity contribution in [1.82, 2.24) is 20.9 Å². The van der Waals surface area contributed by atoms with Crippen LogP contribution in [0.3, 0.4) is 0 Å². The van der Waals surface area contributed by atoms with E-state index in [-0.39, 0.29) is 6.42 Å². The van der Waals surface area contributed by atoms with Crippen LogP contribution in [-0.4, -0.2) is 80.1 Å². The minimum Gasteiger partial charge on any atom is -0.481 e. The molecule has 9 N–H and O–H groups in total. The molecule has 14 nitrogen and oxygen atoms in total. The van der Waals surface area contributed by atoms with Crippen LogP contribution in [0.25, 0.3) is 10.9 Å². The summed E-state index contributed by atoms with van der Waals surface area (Å²) in [5.41, 5.74) is 7.59. The first-order chi connectivity index (χ1) is 18.3. The maximum atomic E-state index is 13.0. The number of H-pyrrole nitrogens is 1. The Morgan fingerprint density at radius 2 is 1.49 bits per heavy atom. The predicted octanol–water partition coefficient (Wildman–Crippen LogP) is -0.428. The van der Waals surface area contributed by atoms with Gasteiger partial charge >= 0.3 is 17.9 Å². The summed E-state index contributed by atoms with van der Waals surface area (Å²) in [6, 6.07) is 1.69. The highest BCUT2D eigenvalue weighted by Gasteiger charge is 2.32. The van der Waals surface area contributed by atoms with E-state index < -0.39 is 85.0 Å². The number of fused-ring (bicyclic) bond motifs is 1. The summed E-state index contributed by atoms with van der Waals surface area (Å²) in [5.74, 6) is -7.44. The number of nitrogens with two attached hydrogens (primary N) is 1. The Labute approximate surface area is 223 Å². The number of rotatable bonds is 15. The summed E-state index contributed by atoms with van der Waals surface area (Å²) >= 11 is 0. The summed E-state index contributed by atoms with van der Waals surface area (Å²) in [6.07, 6.45) is -0.0537. The second-order valence-electron chi connectivity index (χ2n) is 9.39. The van der Waals surface area contributed by atoms with Gasteiger partial charge in [0, 0.05) is 23.5 Å². The van der Waals surface area contributed by atoms with Crippen LogP contribution in [0.1, 0.15) is 38.7 Å². The van der Waals surface area contributed by atoms with E-state index in [2.05, 4.69) is 20.9 Å². The van der Waals surface area contributed by atoms with Crippen LogP contribution in [0.5, 0.6) is 0 Å². The highest BCUT2D eigenvalue weighted by Crippen LogP contribution is 2.19. The number of carbonyl (C=O) groups is 6. The van der Waals surface area contributed by atoms with Gasteiger partial charge in [0.25, 0.3) is 0 Å². The molecule has 4 unspecified atom stereocenters. The van der Waals surface area contributed by atoms with Crippen molar-refractivity contribution in [2.75, 3.05) is 0 Å². The third kappa shape index (κ3) is 9.10. The van der Waals surface area contributed by atoms with Gasteiger partial charge < -0.3 is 42.0 Å². The van der Waals surface area contributed by atoms with E-state index in [4.69, 9.17) is 10.8 Å². The highest BCUT2D eigenvalue weighted by molar-refractivity contribution is 5.96. The topological polar surface area (TPSA) is 241 Å². The van der Waals surface area contributed by atoms with Crippen molar-refractivity contribution in [3.63, 3.8) is 0 Å². The lowest BCUT2D eigenvalue weighted by molar-refractivity contribution is -0.144. The summed E-state index contributed by atoms with van der Waals surface area (Å²) in [6.45, 7) is 3.09. The monoisotopic (exact) mass is 547 g/mol. The van der Waals surface area contributed by atoms with Gasteiger partial charge in [0.1, 0.15) is 18.1 Å². The standard InChI is InChI=1S/C25H33N5O9/c1-12(2)21(25(38)39)30-23(36)17(7-8-19(31)32)28-24(37)18(10-20(33)34)29-22(35)15(26)9-13-11-27-16-6-4-3-5-14(13)16/h3-6,11-12,15,17-18,21,27H,7-10,26H2,1-2H3,(H,28,37)(H,29,35)(H,30,36)(H,31,32)(H,33,34)(H,38,39). The Hall–Kier alpha value is -4.46. The zero-order chi connectivity index (χ0) is 29.3. The SMILES string of the molecule is CC(C)C(NC(=O)C(CCC(=O)O)NC(=O)C(CC(=O)O)NC(=O)C(N)Cc1c[nH]c2ccccc12)C(=O)O. The second kappa shape index (κ2) is 13.9. The zero-order valence-electron chi connectivity index (χ0n) is 21.5. The number of aromatic nitrogens is 1. The van der Waals surface area contributed by atoms with Crippen molar-refractivity contribution in [2.24, 2.45) is 11.7 Å². The molecule has 0 bridgehead atoms. The van der Waals surface area contributed by atoms with Gasteiger partial charge in [-0.1, -0.05) is 32.0 Å².